The van der Waals surface area contributed by atoms with E-state index in [1.54, 1.807) is 36.4 Å². The maximum Gasteiger partial charge on any atom is 0.357 e. The van der Waals surface area contributed by atoms with Gasteiger partial charge in [-0.15, -0.1) is 9.93 Å². The number of hydrogen-bond acceptors (Lipinski definition) is 9. The number of rotatable bonds is 6. The molecule has 0 saturated carbocycles. The molecular formula is C17H14N8O4S. The second kappa shape index (κ2) is 7.46. The highest BCUT2D eigenvalue weighted by Gasteiger charge is 2.27. The second-order valence-corrected chi connectivity index (χ2v) is 7.87. The maximum atomic E-state index is 12.5. The number of sulfonamides is 1. The number of anilines is 1. The summed E-state index contributed by atoms with van der Waals surface area (Å²) in [5.41, 5.74) is 3.63. The number of aryl methyl sites for hydroxylation is 1. The second-order valence-electron chi connectivity index (χ2n) is 6.19. The molecule has 2 N–H and O–H groups in total. The molecule has 0 radical (unpaired) electrons. The molecule has 0 saturated heterocycles. The number of hydrogen-bond donors (Lipinski definition) is 2. The first-order valence-corrected chi connectivity index (χ1v) is 10.00. The quantitative estimate of drug-likeness (QED) is 0.346. The molecule has 4 aromatic rings. The highest BCUT2D eigenvalue weighted by atomic mass is 32.2. The minimum absolute atomic E-state index is 0.0141. The van der Waals surface area contributed by atoms with Gasteiger partial charge >= 0.3 is 5.69 Å². The zero-order chi connectivity index (χ0) is 21.3. The number of hydrazine groups is 1. The zero-order valence-electron chi connectivity index (χ0n) is 15.4. The summed E-state index contributed by atoms with van der Waals surface area (Å²) < 4.78 is 26.1. The molecule has 4 rings (SSSR count). The van der Waals surface area contributed by atoms with Crippen molar-refractivity contribution in [2.45, 2.75) is 11.8 Å². The van der Waals surface area contributed by atoms with Crippen LogP contribution in [0.2, 0.25) is 0 Å². The maximum absolute atomic E-state index is 12.5. The van der Waals surface area contributed by atoms with Crippen molar-refractivity contribution >= 4 is 32.6 Å². The van der Waals surface area contributed by atoms with E-state index in [0.29, 0.717) is 11.0 Å². The van der Waals surface area contributed by atoms with Gasteiger partial charge in [0.2, 0.25) is 11.6 Å². The Morgan fingerprint density at radius 1 is 1.07 bits per heavy atom. The van der Waals surface area contributed by atoms with Crippen LogP contribution in [0.3, 0.4) is 0 Å². The summed E-state index contributed by atoms with van der Waals surface area (Å²) >= 11 is 0. The van der Waals surface area contributed by atoms with Gasteiger partial charge in [-0.1, -0.05) is 35.0 Å². The number of fused-ring (bicyclic) bond motifs is 1. The summed E-state index contributed by atoms with van der Waals surface area (Å²) in [6, 6.07) is 13.0. The van der Waals surface area contributed by atoms with Gasteiger partial charge in [0.25, 0.3) is 10.0 Å². The van der Waals surface area contributed by atoms with E-state index in [4.69, 9.17) is 0 Å². The lowest BCUT2D eigenvalue weighted by molar-refractivity contribution is -0.384. The first kappa shape index (κ1) is 19.4. The van der Waals surface area contributed by atoms with Crippen LogP contribution in [0.15, 0.2) is 59.8 Å². The van der Waals surface area contributed by atoms with Gasteiger partial charge in [0.1, 0.15) is 11.8 Å². The molecule has 0 fully saturated rings. The van der Waals surface area contributed by atoms with E-state index in [0.717, 1.165) is 11.9 Å². The third-order valence-corrected chi connectivity index (χ3v) is 5.44. The van der Waals surface area contributed by atoms with Gasteiger partial charge in [-0.05, 0) is 31.2 Å². The minimum Gasteiger partial charge on any atom is -0.286 e. The number of benzene rings is 2. The predicted octanol–water partition coefficient (Wildman–Crippen LogP) is 1.73. The van der Waals surface area contributed by atoms with Gasteiger partial charge in [0.05, 0.1) is 15.3 Å². The fourth-order valence-electron chi connectivity index (χ4n) is 2.70. The molecule has 0 atom stereocenters. The zero-order valence-corrected chi connectivity index (χ0v) is 16.2. The summed E-state index contributed by atoms with van der Waals surface area (Å²) in [7, 11) is -4.00. The third-order valence-electron chi connectivity index (χ3n) is 4.17. The number of nitro groups is 1. The molecule has 0 unspecified atom stereocenters. The van der Waals surface area contributed by atoms with E-state index >= 15 is 0 Å². The van der Waals surface area contributed by atoms with Crippen molar-refractivity contribution in [1.82, 2.24) is 29.8 Å². The monoisotopic (exact) mass is 426 g/mol. The Morgan fingerprint density at radius 3 is 2.53 bits per heavy atom. The van der Waals surface area contributed by atoms with Crippen LogP contribution >= 0.6 is 0 Å². The van der Waals surface area contributed by atoms with E-state index in [1.165, 1.54) is 16.8 Å². The summed E-state index contributed by atoms with van der Waals surface area (Å²) in [6.45, 7) is 1.82. The highest BCUT2D eigenvalue weighted by molar-refractivity contribution is 7.89. The standard InChI is InChI=1S/C17H14N8O4S/c1-11-6-8-12(9-7-11)30(28,29)23-21-16-15(25(26)27)17(19-10-18-16)24-14-5-3-2-4-13(14)20-22-24/h2-10,23H,1H3,(H,18,19,21). The smallest absolute Gasteiger partial charge is 0.286 e. The van der Waals surface area contributed by atoms with Crippen LogP contribution in [0.4, 0.5) is 11.5 Å². The Morgan fingerprint density at radius 2 is 1.80 bits per heavy atom. The van der Waals surface area contributed by atoms with Crippen molar-refractivity contribution in [2.24, 2.45) is 0 Å². The van der Waals surface area contributed by atoms with Crippen LogP contribution in [-0.4, -0.2) is 38.3 Å². The van der Waals surface area contributed by atoms with Crippen molar-refractivity contribution in [3.63, 3.8) is 0 Å². The van der Waals surface area contributed by atoms with Gasteiger partial charge < -0.3 is 0 Å². The summed E-state index contributed by atoms with van der Waals surface area (Å²) in [6.07, 6.45) is 1.06. The van der Waals surface area contributed by atoms with Gasteiger partial charge in [-0.2, -0.15) is 4.68 Å². The Labute approximate surface area is 169 Å². The molecule has 13 heteroatoms. The SMILES string of the molecule is Cc1ccc(S(=O)(=O)NNc2ncnc(-n3nnc4ccccc43)c2[N+](=O)[O-])cc1. The van der Waals surface area contributed by atoms with E-state index in [1.807, 2.05) is 6.92 Å². The minimum atomic E-state index is -4.00. The van der Waals surface area contributed by atoms with Crippen molar-refractivity contribution in [3.8, 4) is 5.82 Å². The lowest BCUT2D eigenvalue weighted by Gasteiger charge is -2.10. The third kappa shape index (κ3) is 3.54. The van der Waals surface area contributed by atoms with E-state index < -0.39 is 20.6 Å². The molecule has 2 heterocycles. The molecule has 12 nitrogen and oxygen atoms in total. The summed E-state index contributed by atoms with van der Waals surface area (Å²) in [5.74, 6) is -0.513. The normalized spacial score (nSPS) is 11.5. The van der Waals surface area contributed by atoms with E-state index in [-0.39, 0.29) is 16.5 Å². The molecule has 0 amide bonds. The van der Waals surface area contributed by atoms with Crippen LogP contribution < -0.4 is 10.3 Å². The Kier molecular flexibility index (Phi) is 4.81. The molecule has 2 aromatic carbocycles. The predicted molar refractivity (Wildman–Crippen MR) is 106 cm³/mol. The van der Waals surface area contributed by atoms with E-state index in [9.17, 15) is 18.5 Å². The molecule has 0 aliphatic carbocycles. The topological polar surface area (TPSA) is 158 Å². The molecule has 0 spiro atoms. The fourth-order valence-corrected chi connectivity index (χ4v) is 3.54. The molecule has 0 aliphatic heterocycles. The largest absolute Gasteiger partial charge is 0.357 e. The number of para-hydroxylation sites is 1. The Bertz CT molecular complexity index is 1350. The Hall–Kier alpha value is -3.97. The number of nitrogens with one attached hydrogen (secondary N) is 2. The van der Waals surface area contributed by atoms with Crippen LogP contribution in [0.1, 0.15) is 5.56 Å². The lowest BCUT2D eigenvalue weighted by Crippen LogP contribution is -2.30. The van der Waals surface area contributed by atoms with Crippen molar-refractivity contribution in [1.29, 1.82) is 0 Å². The van der Waals surface area contributed by atoms with Crippen molar-refractivity contribution < 1.29 is 13.3 Å². The number of aromatic nitrogens is 5. The van der Waals surface area contributed by atoms with Gasteiger partial charge in [-0.25, -0.2) is 18.4 Å². The van der Waals surface area contributed by atoms with Crippen LogP contribution in [0.25, 0.3) is 16.9 Å². The molecule has 30 heavy (non-hydrogen) atoms. The first-order valence-electron chi connectivity index (χ1n) is 8.51. The molecular weight excluding hydrogens is 412 g/mol. The fraction of sp³-hybridized carbons (Fsp3) is 0.0588. The van der Waals surface area contributed by atoms with Crippen LogP contribution in [0.5, 0.6) is 0 Å². The summed E-state index contributed by atoms with van der Waals surface area (Å²) in [5, 5.41) is 19.6. The van der Waals surface area contributed by atoms with Gasteiger partial charge in [0.15, 0.2) is 0 Å². The average Bonchev–Trinajstić information content (AvgIpc) is 3.16. The van der Waals surface area contributed by atoms with Crippen molar-refractivity contribution in [2.75, 3.05) is 5.43 Å². The van der Waals surface area contributed by atoms with Crippen LogP contribution in [0, 0.1) is 17.0 Å². The first-order chi connectivity index (χ1) is 14.4. The molecule has 0 bridgehead atoms. The van der Waals surface area contributed by atoms with Gasteiger partial charge in [-0.3, -0.25) is 15.5 Å². The molecule has 152 valence electrons. The summed E-state index contributed by atoms with van der Waals surface area (Å²) in [4.78, 5) is 20.9. The van der Waals surface area contributed by atoms with E-state index in [2.05, 4.69) is 30.5 Å². The Balaban J connectivity index is 1.72. The highest BCUT2D eigenvalue weighted by Crippen LogP contribution is 2.28. The van der Waals surface area contributed by atoms with Crippen LogP contribution in [-0.2, 0) is 10.0 Å². The average molecular weight is 426 g/mol. The lowest BCUT2D eigenvalue weighted by atomic mass is 10.2. The molecule has 2 aromatic heterocycles. The number of nitrogens with zero attached hydrogens (tertiary/aromatic N) is 6. The molecule has 0 aliphatic rings. The van der Waals surface area contributed by atoms with Gasteiger partial charge in [0, 0.05) is 0 Å². The van der Waals surface area contributed by atoms with Crippen molar-refractivity contribution in [3.05, 3.63) is 70.5 Å².